The normalized spacial score (nSPS) is 26.1. The standard InChI is InChI=1S/C30H48O2/c1-3-5-6-7-8-9-24-12-18-27(19-13-24)28-20-14-25(15-21-28)10-11-26-16-22-29(23-17-26)32-30(31)4-2/h16-17,22-25,27-28H,3-15,18-21H2,1-2H3. The molecule has 2 aliphatic carbocycles. The molecule has 1 aromatic rings. The van der Waals surface area contributed by atoms with E-state index in [0.717, 1.165) is 30.1 Å². The first-order valence-corrected chi connectivity index (χ1v) is 14.0. The van der Waals surface area contributed by atoms with Gasteiger partial charge in [0, 0.05) is 6.42 Å². The number of benzene rings is 1. The Labute approximate surface area is 197 Å². The van der Waals surface area contributed by atoms with E-state index in [1.165, 1.54) is 102 Å². The summed E-state index contributed by atoms with van der Waals surface area (Å²) in [7, 11) is 0. The summed E-state index contributed by atoms with van der Waals surface area (Å²) in [6.07, 6.45) is 23.5. The van der Waals surface area contributed by atoms with Gasteiger partial charge in [-0.05, 0) is 79.9 Å². The SMILES string of the molecule is CCCCCCCC1CCC(C2CCC(CCc3ccc(OC(=O)CC)cc3)CC2)CC1. The first kappa shape index (κ1) is 25.3. The number of rotatable bonds is 12. The predicted molar refractivity (Wildman–Crippen MR) is 135 cm³/mol. The Balaban J connectivity index is 1.28. The van der Waals surface area contributed by atoms with Gasteiger partial charge < -0.3 is 4.74 Å². The minimum absolute atomic E-state index is 0.162. The zero-order valence-corrected chi connectivity index (χ0v) is 21.0. The number of aryl methyl sites for hydroxylation is 1. The van der Waals surface area contributed by atoms with E-state index in [9.17, 15) is 4.79 Å². The molecule has 32 heavy (non-hydrogen) atoms. The Morgan fingerprint density at radius 3 is 1.88 bits per heavy atom. The second-order valence-corrected chi connectivity index (χ2v) is 10.8. The van der Waals surface area contributed by atoms with E-state index in [1.54, 1.807) is 0 Å². The fourth-order valence-electron chi connectivity index (χ4n) is 6.23. The Bertz CT molecular complexity index is 633. The van der Waals surface area contributed by atoms with Crippen LogP contribution in [0.1, 0.15) is 122 Å². The van der Waals surface area contributed by atoms with Gasteiger partial charge in [-0.3, -0.25) is 4.79 Å². The highest BCUT2D eigenvalue weighted by Gasteiger charge is 2.30. The highest BCUT2D eigenvalue weighted by Crippen LogP contribution is 2.43. The summed E-state index contributed by atoms with van der Waals surface area (Å²) in [6.45, 7) is 4.13. The average molecular weight is 441 g/mol. The molecule has 3 rings (SSSR count). The van der Waals surface area contributed by atoms with Crippen molar-refractivity contribution in [3.63, 3.8) is 0 Å². The van der Waals surface area contributed by atoms with Gasteiger partial charge in [0.25, 0.3) is 0 Å². The highest BCUT2D eigenvalue weighted by atomic mass is 16.5. The Hall–Kier alpha value is -1.31. The Morgan fingerprint density at radius 2 is 1.31 bits per heavy atom. The quantitative estimate of drug-likeness (QED) is 0.184. The third-order valence-electron chi connectivity index (χ3n) is 8.45. The van der Waals surface area contributed by atoms with Crippen LogP contribution in [0.4, 0.5) is 0 Å². The van der Waals surface area contributed by atoms with Crippen LogP contribution in [-0.4, -0.2) is 5.97 Å². The second-order valence-electron chi connectivity index (χ2n) is 10.8. The first-order chi connectivity index (χ1) is 15.7. The van der Waals surface area contributed by atoms with E-state index < -0.39 is 0 Å². The molecule has 1 aromatic carbocycles. The average Bonchev–Trinajstić information content (AvgIpc) is 2.84. The number of esters is 1. The van der Waals surface area contributed by atoms with Gasteiger partial charge in [0.1, 0.15) is 5.75 Å². The van der Waals surface area contributed by atoms with Crippen molar-refractivity contribution in [1.82, 2.24) is 0 Å². The molecule has 0 N–H and O–H groups in total. The maximum atomic E-state index is 11.4. The third kappa shape index (κ3) is 8.56. The van der Waals surface area contributed by atoms with Crippen LogP contribution in [0.3, 0.4) is 0 Å². The zero-order chi connectivity index (χ0) is 22.6. The lowest BCUT2D eigenvalue weighted by Crippen LogP contribution is -2.26. The van der Waals surface area contributed by atoms with Crippen LogP contribution in [0.25, 0.3) is 0 Å². The van der Waals surface area contributed by atoms with Crippen molar-refractivity contribution < 1.29 is 9.53 Å². The summed E-state index contributed by atoms with van der Waals surface area (Å²) in [5.41, 5.74) is 1.37. The van der Waals surface area contributed by atoms with Crippen molar-refractivity contribution in [3.8, 4) is 5.75 Å². The molecule has 2 saturated carbocycles. The van der Waals surface area contributed by atoms with Crippen molar-refractivity contribution in [2.75, 3.05) is 0 Å². The van der Waals surface area contributed by atoms with Gasteiger partial charge in [0.05, 0.1) is 0 Å². The molecule has 0 spiro atoms. The summed E-state index contributed by atoms with van der Waals surface area (Å²) in [5, 5.41) is 0. The number of hydrogen-bond acceptors (Lipinski definition) is 2. The molecule has 2 nitrogen and oxygen atoms in total. The molecule has 0 bridgehead atoms. The van der Waals surface area contributed by atoms with Crippen molar-refractivity contribution in [1.29, 1.82) is 0 Å². The molecule has 0 amide bonds. The molecule has 0 saturated heterocycles. The second kappa shape index (κ2) is 14.1. The maximum absolute atomic E-state index is 11.4. The molecule has 0 atom stereocenters. The van der Waals surface area contributed by atoms with Crippen molar-refractivity contribution in [3.05, 3.63) is 29.8 Å². The van der Waals surface area contributed by atoms with Crippen LogP contribution >= 0.6 is 0 Å². The minimum Gasteiger partial charge on any atom is -0.427 e. The van der Waals surface area contributed by atoms with E-state index in [-0.39, 0.29) is 5.97 Å². The summed E-state index contributed by atoms with van der Waals surface area (Å²) < 4.78 is 5.28. The highest BCUT2D eigenvalue weighted by molar-refractivity contribution is 5.71. The molecule has 0 radical (unpaired) electrons. The van der Waals surface area contributed by atoms with Gasteiger partial charge >= 0.3 is 5.97 Å². The summed E-state index contributed by atoms with van der Waals surface area (Å²) in [5.74, 6) is 4.51. The van der Waals surface area contributed by atoms with Gasteiger partial charge in [-0.1, -0.05) is 90.2 Å². The molecule has 2 fully saturated rings. The number of carbonyl (C=O) groups excluding carboxylic acids is 1. The van der Waals surface area contributed by atoms with Crippen molar-refractivity contribution in [2.24, 2.45) is 23.7 Å². The fraction of sp³-hybridized carbons (Fsp3) is 0.767. The molecule has 0 aliphatic heterocycles. The minimum atomic E-state index is -0.162. The van der Waals surface area contributed by atoms with Crippen LogP contribution < -0.4 is 4.74 Å². The number of carbonyl (C=O) groups is 1. The zero-order valence-electron chi connectivity index (χ0n) is 21.0. The van der Waals surface area contributed by atoms with Crippen LogP contribution in [0, 0.1) is 23.7 Å². The number of unbranched alkanes of at least 4 members (excludes halogenated alkanes) is 4. The Morgan fingerprint density at radius 1 is 0.750 bits per heavy atom. The molecule has 0 unspecified atom stereocenters. The van der Waals surface area contributed by atoms with E-state index in [2.05, 4.69) is 19.1 Å². The van der Waals surface area contributed by atoms with E-state index in [1.807, 2.05) is 19.1 Å². The van der Waals surface area contributed by atoms with Crippen molar-refractivity contribution >= 4 is 5.97 Å². The topological polar surface area (TPSA) is 26.3 Å². The first-order valence-electron chi connectivity index (χ1n) is 14.0. The van der Waals surface area contributed by atoms with Gasteiger partial charge in [0.2, 0.25) is 0 Å². The predicted octanol–water partition coefficient (Wildman–Crippen LogP) is 8.91. The summed E-state index contributed by atoms with van der Waals surface area (Å²) >= 11 is 0. The van der Waals surface area contributed by atoms with Gasteiger partial charge in [-0.25, -0.2) is 0 Å². The lowest BCUT2D eigenvalue weighted by Gasteiger charge is -2.38. The smallest absolute Gasteiger partial charge is 0.310 e. The van der Waals surface area contributed by atoms with Crippen LogP contribution in [-0.2, 0) is 11.2 Å². The molecule has 2 heteroatoms. The molecule has 0 heterocycles. The van der Waals surface area contributed by atoms with Crippen LogP contribution in [0.2, 0.25) is 0 Å². The van der Waals surface area contributed by atoms with Crippen molar-refractivity contribution in [2.45, 2.75) is 123 Å². The summed E-state index contributed by atoms with van der Waals surface area (Å²) in [6, 6.07) is 8.15. The Kier molecular flexibility index (Phi) is 11.1. The third-order valence-corrected chi connectivity index (χ3v) is 8.45. The molecule has 0 aromatic heterocycles. The van der Waals surface area contributed by atoms with Crippen LogP contribution in [0.5, 0.6) is 5.75 Å². The maximum Gasteiger partial charge on any atom is 0.310 e. The number of ether oxygens (including phenoxy) is 1. The largest absolute Gasteiger partial charge is 0.427 e. The fourth-order valence-corrected chi connectivity index (χ4v) is 6.23. The van der Waals surface area contributed by atoms with Gasteiger partial charge in [0.15, 0.2) is 0 Å². The van der Waals surface area contributed by atoms with E-state index in [0.29, 0.717) is 12.2 Å². The lowest BCUT2D eigenvalue weighted by molar-refractivity contribution is -0.134. The van der Waals surface area contributed by atoms with Crippen LogP contribution in [0.15, 0.2) is 24.3 Å². The van der Waals surface area contributed by atoms with E-state index in [4.69, 9.17) is 4.74 Å². The van der Waals surface area contributed by atoms with E-state index >= 15 is 0 Å². The molecular formula is C30H48O2. The van der Waals surface area contributed by atoms with Gasteiger partial charge in [-0.2, -0.15) is 0 Å². The molecular weight excluding hydrogens is 392 g/mol. The van der Waals surface area contributed by atoms with Gasteiger partial charge in [-0.15, -0.1) is 0 Å². The molecule has 2 aliphatic rings. The monoisotopic (exact) mass is 440 g/mol. The lowest BCUT2D eigenvalue weighted by atomic mass is 9.68. The summed E-state index contributed by atoms with van der Waals surface area (Å²) in [4.78, 5) is 11.4. The number of hydrogen-bond donors (Lipinski definition) is 0. The molecule has 180 valence electrons.